The van der Waals surface area contributed by atoms with Crippen LogP contribution in [0.25, 0.3) is 0 Å². The molecule has 0 radical (unpaired) electrons. The third kappa shape index (κ3) is 3.53. The zero-order chi connectivity index (χ0) is 13.0. The van der Waals surface area contributed by atoms with Crippen LogP contribution in [0.3, 0.4) is 0 Å². The van der Waals surface area contributed by atoms with Gasteiger partial charge in [-0.2, -0.15) is 0 Å². The molecule has 1 aliphatic rings. The van der Waals surface area contributed by atoms with Crippen molar-refractivity contribution in [2.45, 2.75) is 38.3 Å². The fourth-order valence-electron chi connectivity index (χ4n) is 2.45. The number of ether oxygens (including phenoxy) is 1. The van der Waals surface area contributed by atoms with Gasteiger partial charge in [0.25, 0.3) is 0 Å². The van der Waals surface area contributed by atoms with E-state index in [0.717, 1.165) is 29.4 Å². The van der Waals surface area contributed by atoms with E-state index in [0.29, 0.717) is 12.1 Å². The van der Waals surface area contributed by atoms with Crippen LogP contribution in [-0.2, 0) is 0 Å². The largest absolute Gasteiger partial charge is 0.497 e. The van der Waals surface area contributed by atoms with Crippen LogP contribution in [0.5, 0.6) is 5.75 Å². The second-order valence-electron chi connectivity index (χ2n) is 4.92. The summed E-state index contributed by atoms with van der Waals surface area (Å²) in [4.78, 5) is 0. The Balaban J connectivity index is 1.94. The van der Waals surface area contributed by atoms with Crippen LogP contribution in [0.15, 0.2) is 18.2 Å². The van der Waals surface area contributed by atoms with Crippen LogP contribution in [0.1, 0.15) is 26.2 Å². The van der Waals surface area contributed by atoms with Crippen molar-refractivity contribution in [3.05, 3.63) is 23.2 Å². The summed E-state index contributed by atoms with van der Waals surface area (Å²) in [5.74, 6) is 0.827. The van der Waals surface area contributed by atoms with Crippen LogP contribution in [0, 0.1) is 0 Å². The van der Waals surface area contributed by atoms with E-state index in [-0.39, 0.29) is 0 Å². The van der Waals surface area contributed by atoms with Crippen molar-refractivity contribution in [2.24, 2.45) is 0 Å². The molecule has 1 aromatic rings. The number of nitrogens with one attached hydrogen (secondary N) is 2. The maximum atomic E-state index is 6.18. The first-order valence-corrected chi connectivity index (χ1v) is 6.90. The lowest BCUT2D eigenvalue weighted by molar-refractivity contribution is 0.415. The molecule has 1 heterocycles. The summed E-state index contributed by atoms with van der Waals surface area (Å²) in [6.07, 6.45) is 3.68. The SMILES string of the molecule is COc1ccc(Cl)c(NC(C)CC2CCCN2)c1. The minimum absolute atomic E-state index is 0.394. The van der Waals surface area contributed by atoms with Gasteiger partial charge in [0.2, 0.25) is 0 Å². The van der Waals surface area contributed by atoms with Gasteiger partial charge in [0.15, 0.2) is 0 Å². The number of methoxy groups -OCH3 is 1. The summed E-state index contributed by atoms with van der Waals surface area (Å²) in [6, 6.07) is 6.71. The smallest absolute Gasteiger partial charge is 0.121 e. The summed E-state index contributed by atoms with van der Waals surface area (Å²) in [6.45, 7) is 3.34. The zero-order valence-electron chi connectivity index (χ0n) is 11.0. The molecule has 0 saturated carbocycles. The molecule has 0 amide bonds. The van der Waals surface area contributed by atoms with E-state index in [2.05, 4.69) is 17.6 Å². The average Bonchev–Trinajstić information content (AvgIpc) is 2.84. The molecule has 0 bridgehead atoms. The molecule has 2 N–H and O–H groups in total. The summed E-state index contributed by atoms with van der Waals surface area (Å²) in [5, 5.41) is 7.71. The first-order valence-electron chi connectivity index (χ1n) is 6.52. The molecule has 0 aromatic heterocycles. The van der Waals surface area contributed by atoms with E-state index in [1.165, 1.54) is 12.8 Å². The van der Waals surface area contributed by atoms with Gasteiger partial charge in [0.1, 0.15) is 5.75 Å². The number of benzene rings is 1. The molecule has 1 aromatic carbocycles. The molecule has 1 saturated heterocycles. The molecule has 1 aliphatic heterocycles. The Morgan fingerprint density at radius 3 is 3.06 bits per heavy atom. The Morgan fingerprint density at radius 2 is 2.39 bits per heavy atom. The normalized spacial score (nSPS) is 20.7. The second-order valence-corrected chi connectivity index (χ2v) is 5.33. The molecule has 100 valence electrons. The zero-order valence-corrected chi connectivity index (χ0v) is 11.8. The third-order valence-corrected chi connectivity index (χ3v) is 3.71. The van der Waals surface area contributed by atoms with E-state index in [1.807, 2.05) is 18.2 Å². The highest BCUT2D eigenvalue weighted by Gasteiger charge is 2.17. The lowest BCUT2D eigenvalue weighted by Crippen LogP contribution is -2.29. The van der Waals surface area contributed by atoms with Crippen molar-refractivity contribution in [1.29, 1.82) is 0 Å². The molecule has 3 nitrogen and oxygen atoms in total. The van der Waals surface area contributed by atoms with Gasteiger partial charge >= 0.3 is 0 Å². The fourth-order valence-corrected chi connectivity index (χ4v) is 2.62. The molecular weight excluding hydrogens is 248 g/mol. The maximum absolute atomic E-state index is 6.18. The lowest BCUT2D eigenvalue weighted by atomic mass is 10.1. The van der Waals surface area contributed by atoms with Gasteiger partial charge < -0.3 is 15.4 Å². The van der Waals surface area contributed by atoms with Crippen LogP contribution >= 0.6 is 11.6 Å². The quantitative estimate of drug-likeness (QED) is 0.860. The molecule has 0 aliphatic carbocycles. The van der Waals surface area contributed by atoms with Crippen LogP contribution in [0.4, 0.5) is 5.69 Å². The molecule has 2 rings (SSSR count). The molecule has 2 atom stereocenters. The van der Waals surface area contributed by atoms with E-state index in [1.54, 1.807) is 7.11 Å². The van der Waals surface area contributed by atoms with Gasteiger partial charge in [0.05, 0.1) is 17.8 Å². The topological polar surface area (TPSA) is 33.3 Å². The Bertz CT molecular complexity index is 391. The Morgan fingerprint density at radius 1 is 1.56 bits per heavy atom. The van der Waals surface area contributed by atoms with Crippen molar-refractivity contribution < 1.29 is 4.74 Å². The Hall–Kier alpha value is -0.930. The van der Waals surface area contributed by atoms with Crippen LogP contribution in [0.2, 0.25) is 5.02 Å². The average molecular weight is 269 g/mol. The number of hydrogen-bond acceptors (Lipinski definition) is 3. The van der Waals surface area contributed by atoms with Crippen molar-refractivity contribution >= 4 is 17.3 Å². The Labute approximate surface area is 114 Å². The molecule has 4 heteroatoms. The van der Waals surface area contributed by atoms with E-state index >= 15 is 0 Å². The fraction of sp³-hybridized carbons (Fsp3) is 0.571. The highest BCUT2D eigenvalue weighted by atomic mass is 35.5. The predicted octanol–water partition coefficient (Wildman–Crippen LogP) is 3.29. The minimum atomic E-state index is 0.394. The highest BCUT2D eigenvalue weighted by molar-refractivity contribution is 6.33. The maximum Gasteiger partial charge on any atom is 0.121 e. The first kappa shape index (κ1) is 13.5. The molecule has 0 spiro atoms. The summed E-state index contributed by atoms with van der Waals surface area (Å²) >= 11 is 6.18. The van der Waals surface area contributed by atoms with Crippen LogP contribution < -0.4 is 15.4 Å². The third-order valence-electron chi connectivity index (χ3n) is 3.38. The summed E-state index contributed by atoms with van der Waals surface area (Å²) in [5.41, 5.74) is 0.946. The van der Waals surface area contributed by atoms with Gasteiger partial charge in [-0.15, -0.1) is 0 Å². The van der Waals surface area contributed by atoms with E-state index in [4.69, 9.17) is 16.3 Å². The lowest BCUT2D eigenvalue weighted by Gasteiger charge is -2.20. The van der Waals surface area contributed by atoms with Gasteiger partial charge in [0, 0.05) is 18.2 Å². The van der Waals surface area contributed by atoms with Crippen LogP contribution in [-0.4, -0.2) is 25.7 Å². The minimum Gasteiger partial charge on any atom is -0.497 e. The monoisotopic (exact) mass is 268 g/mol. The molecule has 1 fully saturated rings. The molecular formula is C14H21ClN2O. The number of rotatable bonds is 5. The second kappa shape index (κ2) is 6.30. The highest BCUT2D eigenvalue weighted by Crippen LogP contribution is 2.28. The van der Waals surface area contributed by atoms with Crippen molar-refractivity contribution in [3.63, 3.8) is 0 Å². The van der Waals surface area contributed by atoms with Crippen molar-refractivity contribution in [1.82, 2.24) is 5.32 Å². The van der Waals surface area contributed by atoms with Gasteiger partial charge in [-0.25, -0.2) is 0 Å². The standard InChI is InChI=1S/C14H21ClN2O/c1-10(8-11-4-3-7-16-11)17-14-9-12(18-2)5-6-13(14)15/h5-6,9-11,16-17H,3-4,7-8H2,1-2H3. The van der Waals surface area contributed by atoms with E-state index in [9.17, 15) is 0 Å². The van der Waals surface area contributed by atoms with Crippen molar-refractivity contribution in [3.8, 4) is 5.75 Å². The van der Waals surface area contributed by atoms with Gasteiger partial charge in [-0.3, -0.25) is 0 Å². The first-order chi connectivity index (χ1) is 8.69. The summed E-state index contributed by atoms with van der Waals surface area (Å²) < 4.78 is 5.21. The number of halogens is 1. The van der Waals surface area contributed by atoms with E-state index < -0.39 is 0 Å². The molecule has 18 heavy (non-hydrogen) atoms. The number of anilines is 1. The predicted molar refractivity (Wildman–Crippen MR) is 76.7 cm³/mol. The number of hydrogen-bond donors (Lipinski definition) is 2. The molecule has 2 unspecified atom stereocenters. The van der Waals surface area contributed by atoms with Gasteiger partial charge in [-0.05, 0) is 44.9 Å². The Kier molecular flexibility index (Phi) is 4.72. The van der Waals surface area contributed by atoms with Gasteiger partial charge in [-0.1, -0.05) is 11.6 Å². The summed E-state index contributed by atoms with van der Waals surface area (Å²) in [7, 11) is 1.67. The van der Waals surface area contributed by atoms with Crippen molar-refractivity contribution in [2.75, 3.05) is 19.0 Å².